The zero-order valence-corrected chi connectivity index (χ0v) is 9.06. The molecule has 4 heteroatoms. The maximum Gasteiger partial charge on any atom is 0.109 e. The molecule has 2 aromatic rings. The van der Waals surface area contributed by atoms with E-state index in [4.69, 9.17) is 5.73 Å². The SMILES string of the molecule is NCC(O)c1ccc2nc3n(c2c1)CCC3. The van der Waals surface area contributed by atoms with E-state index in [1.54, 1.807) is 0 Å². The number of fused-ring (bicyclic) bond motifs is 3. The van der Waals surface area contributed by atoms with E-state index < -0.39 is 6.10 Å². The molecule has 3 rings (SSSR count). The maximum absolute atomic E-state index is 9.72. The van der Waals surface area contributed by atoms with E-state index in [1.807, 2.05) is 18.2 Å². The van der Waals surface area contributed by atoms with Gasteiger partial charge in [0, 0.05) is 19.5 Å². The number of nitrogens with two attached hydrogens (primary N) is 1. The molecule has 0 bridgehead atoms. The third kappa shape index (κ3) is 1.34. The van der Waals surface area contributed by atoms with Gasteiger partial charge in [0.05, 0.1) is 17.1 Å². The van der Waals surface area contributed by atoms with Crippen molar-refractivity contribution in [3.05, 3.63) is 29.6 Å². The second-order valence-corrected chi connectivity index (χ2v) is 4.28. The lowest BCUT2D eigenvalue weighted by molar-refractivity contribution is 0.187. The molecule has 84 valence electrons. The van der Waals surface area contributed by atoms with Crippen LogP contribution in [0.5, 0.6) is 0 Å². The van der Waals surface area contributed by atoms with Crippen LogP contribution in [-0.2, 0) is 13.0 Å². The summed E-state index contributed by atoms with van der Waals surface area (Å²) in [5.74, 6) is 1.16. The lowest BCUT2D eigenvalue weighted by Crippen LogP contribution is -2.11. The number of aryl methyl sites for hydroxylation is 2. The Hall–Kier alpha value is -1.39. The fourth-order valence-corrected chi connectivity index (χ4v) is 2.37. The third-order valence-corrected chi connectivity index (χ3v) is 3.24. The van der Waals surface area contributed by atoms with Gasteiger partial charge in [-0.05, 0) is 24.1 Å². The number of hydrogen-bond acceptors (Lipinski definition) is 3. The Bertz CT molecular complexity index is 532. The summed E-state index contributed by atoms with van der Waals surface area (Å²) in [4.78, 5) is 4.57. The van der Waals surface area contributed by atoms with Crippen molar-refractivity contribution in [3.8, 4) is 0 Å². The second kappa shape index (κ2) is 3.57. The molecule has 0 amide bonds. The molecule has 0 spiro atoms. The summed E-state index contributed by atoms with van der Waals surface area (Å²) in [5, 5.41) is 9.72. The number of aromatic nitrogens is 2. The van der Waals surface area contributed by atoms with Crippen LogP contribution in [0.3, 0.4) is 0 Å². The molecule has 4 nitrogen and oxygen atoms in total. The van der Waals surface area contributed by atoms with Crippen LogP contribution in [0.1, 0.15) is 23.9 Å². The summed E-state index contributed by atoms with van der Waals surface area (Å²) in [5.41, 5.74) is 8.48. The zero-order chi connectivity index (χ0) is 11.1. The van der Waals surface area contributed by atoms with Crippen LogP contribution in [0, 0.1) is 0 Å². The van der Waals surface area contributed by atoms with Crippen LogP contribution in [0.15, 0.2) is 18.2 Å². The smallest absolute Gasteiger partial charge is 0.109 e. The monoisotopic (exact) mass is 217 g/mol. The number of nitrogens with zero attached hydrogens (tertiary/aromatic N) is 2. The van der Waals surface area contributed by atoms with Gasteiger partial charge in [-0.1, -0.05) is 6.07 Å². The molecule has 1 aromatic carbocycles. The van der Waals surface area contributed by atoms with Crippen molar-refractivity contribution in [2.24, 2.45) is 5.73 Å². The highest BCUT2D eigenvalue weighted by molar-refractivity contribution is 5.77. The molecule has 0 aliphatic carbocycles. The number of imidazole rings is 1. The van der Waals surface area contributed by atoms with Gasteiger partial charge in [0.15, 0.2) is 0 Å². The van der Waals surface area contributed by atoms with Crippen LogP contribution >= 0.6 is 0 Å². The predicted molar refractivity (Wildman–Crippen MR) is 62.1 cm³/mol. The zero-order valence-electron chi connectivity index (χ0n) is 9.06. The van der Waals surface area contributed by atoms with E-state index >= 15 is 0 Å². The van der Waals surface area contributed by atoms with E-state index in [9.17, 15) is 5.11 Å². The highest BCUT2D eigenvalue weighted by Gasteiger charge is 2.17. The van der Waals surface area contributed by atoms with Gasteiger partial charge in [-0.2, -0.15) is 0 Å². The Balaban J connectivity index is 2.16. The minimum atomic E-state index is -0.572. The number of aliphatic hydroxyl groups excluding tert-OH is 1. The Labute approximate surface area is 93.7 Å². The first-order valence-electron chi connectivity index (χ1n) is 5.67. The lowest BCUT2D eigenvalue weighted by atomic mass is 10.1. The number of rotatable bonds is 2. The molecule has 1 aromatic heterocycles. The van der Waals surface area contributed by atoms with Crippen molar-refractivity contribution >= 4 is 11.0 Å². The van der Waals surface area contributed by atoms with Crippen molar-refractivity contribution < 1.29 is 5.11 Å². The number of hydrogen-bond donors (Lipinski definition) is 2. The Kier molecular flexibility index (Phi) is 2.19. The predicted octanol–water partition coefficient (Wildman–Crippen LogP) is 0.975. The van der Waals surface area contributed by atoms with Gasteiger partial charge in [0.25, 0.3) is 0 Å². The number of aliphatic hydroxyl groups is 1. The average molecular weight is 217 g/mol. The highest BCUT2D eigenvalue weighted by atomic mass is 16.3. The topological polar surface area (TPSA) is 64.1 Å². The molecule has 0 saturated heterocycles. The molecular weight excluding hydrogens is 202 g/mol. The summed E-state index contributed by atoms with van der Waals surface area (Å²) in [6, 6.07) is 5.88. The number of benzene rings is 1. The molecule has 0 radical (unpaired) electrons. The molecule has 3 N–H and O–H groups in total. The van der Waals surface area contributed by atoms with Crippen LogP contribution in [-0.4, -0.2) is 21.2 Å². The molecule has 1 unspecified atom stereocenters. The Morgan fingerprint density at radius 2 is 2.38 bits per heavy atom. The van der Waals surface area contributed by atoms with Crippen molar-refractivity contribution in [1.82, 2.24) is 9.55 Å². The van der Waals surface area contributed by atoms with Gasteiger partial charge in [0.1, 0.15) is 5.82 Å². The fourth-order valence-electron chi connectivity index (χ4n) is 2.37. The normalized spacial score (nSPS) is 16.6. The van der Waals surface area contributed by atoms with Crippen LogP contribution in [0.25, 0.3) is 11.0 Å². The van der Waals surface area contributed by atoms with Crippen LogP contribution in [0.2, 0.25) is 0 Å². The van der Waals surface area contributed by atoms with Gasteiger partial charge in [-0.3, -0.25) is 0 Å². The van der Waals surface area contributed by atoms with E-state index in [1.165, 1.54) is 6.42 Å². The van der Waals surface area contributed by atoms with E-state index in [0.29, 0.717) is 0 Å². The molecular formula is C12H15N3O. The van der Waals surface area contributed by atoms with Gasteiger partial charge < -0.3 is 15.4 Å². The second-order valence-electron chi connectivity index (χ2n) is 4.28. The van der Waals surface area contributed by atoms with Gasteiger partial charge >= 0.3 is 0 Å². The van der Waals surface area contributed by atoms with Gasteiger partial charge in [-0.15, -0.1) is 0 Å². The average Bonchev–Trinajstić information content (AvgIpc) is 2.87. The van der Waals surface area contributed by atoms with Crippen molar-refractivity contribution in [3.63, 3.8) is 0 Å². The van der Waals surface area contributed by atoms with E-state index in [-0.39, 0.29) is 6.54 Å². The summed E-state index contributed by atoms with van der Waals surface area (Å²) in [7, 11) is 0. The first-order valence-corrected chi connectivity index (χ1v) is 5.67. The third-order valence-electron chi connectivity index (χ3n) is 3.24. The molecule has 1 aliphatic heterocycles. The van der Waals surface area contributed by atoms with Crippen LogP contribution < -0.4 is 5.73 Å². The first kappa shape index (κ1) is 9.81. The standard InChI is InChI=1S/C12H15N3O/c13-7-11(16)8-3-4-9-10(6-8)15-5-1-2-12(15)14-9/h3-4,6,11,16H,1-2,5,7,13H2. The fraction of sp³-hybridized carbons (Fsp3) is 0.417. The van der Waals surface area contributed by atoms with Crippen molar-refractivity contribution in [1.29, 1.82) is 0 Å². The molecule has 0 fully saturated rings. The minimum absolute atomic E-state index is 0.256. The molecule has 1 atom stereocenters. The van der Waals surface area contributed by atoms with E-state index in [2.05, 4.69) is 9.55 Å². The molecule has 2 heterocycles. The van der Waals surface area contributed by atoms with Crippen molar-refractivity contribution in [2.45, 2.75) is 25.5 Å². The van der Waals surface area contributed by atoms with Crippen molar-refractivity contribution in [2.75, 3.05) is 6.54 Å². The summed E-state index contributed by atoms with van der Waals surface area (Å²) in [6.07, 6.45) is 1.66. The lowest BCUT2D eigenvalue weighted by Gasteiger charge is -2.08. The Morgan fingerprint density at radius 1 is 1.50 bits per heavy atom. The van der Waals surface area contributed by atoms with Gasteiger partial charge in [-0.25, -0.2) is 4.98 Å². The Morgan fingerprint density at radius 3 is 3.19 bits per heavy atom. The summed E-state index contributed by atoms with van der Waals surface area (Å²) < 4.78 is 2.24. The minimum Gasteiger partial charge on any atom is -0.387 e. The highest BCUT2D eigenvalue weighted by Crippen LogP contribution is 2.25. The molecule has 1 aliphatic rings. The maximum atomic E-state index is 9.72. The largest absolute Gasteiger partial charge is 0.387 e. The van der Waals surface area contributed by atoms with E-state index in [0.717, 1.165) is 35.4 Å². The summed E-state index contributed by atoms with van der Waals surface area (Å²) in [6.45, 7) is 1.29. The van der Waals surface area contributed by atoms with Gasteiger partial charge in [0.2, 0.25) is 0 Å². The summed E-state index contributed by atoms with van der Waals surface area (Å²) >= 11 is 0. The quantitative estimate of drug-likeness (QED) is 0.788. The van der Waals surface area contributed by atoms with Crippen LogP contribution in [0.4, 0.5) is 0 Å². The molecule has 0 saturated carbocycles. The molecule has 16 heavy (non-hydrogen) atoms. The first-order chi connectivity index (χ1) is 7.79.